The number of nitrogens with zero attached hydrogens (tertiary/aromatic N) is 2. The smallest absolute Gasteiger partial charge is 0.228 e. The van der Waals surface area contributed by atoms with Crippen LogP contribution < -0.4 is 0 Å². The Hall–Kier alpha value is -1.66. The van der Waals surface area contributed by atoms with Crippen LogP contribution in [-0.2, 0) is 11.2 Å². The number of carbonyl (C=O) groups is 1. The first-order chi connectivity index (χ1) is 9.11. The number of hydrogen-bond acceptors (Lipinski definition) is 5. The van der Waals surface area contributed by atoms with E-state index in [9.17, 15) is 4.79 Å². The third-order valence-electron chi connectivity index (χ3n) is 2.93. The monoisotopic (exact) mass is 280 g/mol. The van der Waals surface area contributed by atoms with Crippen molar-refractivity contribution in [2.75, 3.05) is 13.7 Å². The Morgan fingerprint density at radius 2 is 2.42 bits per heavy atom. The number of furan rings is 1. The van der Waals surface area contributed by atoms with Crippen molar-refractivity contribution in [2.45, 2.75) is 19.4 Å². The molecule has 0 aromatic carbocycles. The van der Waals surface area contributed by atoms with E-state index in [2.05, 4.69) is 4.98 Å². The van der Waals surface area contributed by atoms with E-state index in [1.807, 2.05) is 11.4 Å². The van der Waals surface area contributed by atoms with Gasteiger partial charge in [-0.25, -0.2) is 4.98 Å². The highest BCUT2D eigenvalue weighted by molar-refractivity contribution is 7.13. The van der Waals surface area contributed by atoms with Crippen LogP contribution in [0.5, 0.6) is 0 Å². The first kappa shape index (κ1) is 13.8. The van der Waals surface area contributed by atoms with Gasteiger partial charge in [-0.3, -0.25) is 4.79 Å². The molecule has 6 heteroatoms. The fraction of sp³-hybridized carbons (Fsp3) is 0.385. The van der Waals surface area contributed by atoms with Crippen LogP contribution in [0.15, 0.2) is 28.2 Å². The van der Waals surface area contributed by atoms with Crippen molar-refractivity contribution in [3.63, 3.8) is 0 Å². The van der Waals surface area contributed by atoms with Gasteiger partial charge in [0.2, 0.25) is 5.91 Å². The Morgan fingerprint density at radius 1 is 1.63 bits per heavy atom. The molecule has 0 bridgehead atoms. The van der Waals surface area contributed by atoms with Gasteiger partial charge >= 0.3 is 0 Å². The lowest BCUT2D eigenvalue weighted by molar-refractivity contribution is -0.131. The van der Waals surface area contributed by atoms with E-state index in [1.54, 1.807) is 26.3 Å². The van der Waals surface area contributed by atoms with Gasteiger partial charge in [-0.15, -0.1) is 11.3 Å². The van der Waals surface area contributed by atoms with E-state index >= 15 is 0 Å². The summed E-state index contributed by atoms with van der Waals surface area (Å²) in [5.41, 5.74) is 0.721. The maximum atomic E-state index is 12.0. The Labute approximate surface area is 115 Å². The van der Waals surface area contributed by atoms with Crippen molar-refractivity contribution in [3.05, 3.63) is 29.5 Å². The van der Waals surface area contributed by atoms with E-state index < -0.39 is 0 Å². The Bertz CT molecular complexity index is 536. The number of hydrogen-bond donors (Lipinski definition) is 1. The van der Waals surface area contributed by atoms with E-state index in [0.29, 0.717) is 5.76 Å². The number of aliphatic hydroxyl groups is 1. The minimum absolute atomic E-state index is 0.0447. The summed E-state index contributed by atoms with van der Waals surface area (Å²) >= 11 is 1.45. The molecule has 19 heavy (non-hydrogen) atoms. The summed E-state index contributed by atoms with van der Waals surface area (Å²) in [7, 11) is 1.68. The molecule has 1 atom stereocenters. The summed E-state index contributed by atoms with van der Waals surface area (Å²) in [5, 5.41) is 11.7. The first-order valence-corrected chi connectivity index (χ1v) is 6.84. The van der Waals surface area contributed by atoms with Gasteiger partial charge in [-0.05, 0) is 19.1 Å². The van der Waals surface area contributed by atoms with Gasteiger partial charge in [-0.1, -0.05) is 0 Å². The predicted molar refractivity (Wildman–Crippen MR) is 72.8 cm³/mol. The summed E-state index contributed by atoms with van der Waals surface area (Å²) in [6.45, 7) is 1.75. The van der Waals surface area contributed by atoms with Crippen LogP contribution in [0, 0.1) is 0 Å². The number of carbonyl (C=O) groups excluding carboxylic acids is 1. The van der Waals surface area contributed by atoms with Gasteiger partial charge in [0.05, 0.1) is 31.0 Å². The minimum atomic E-state index is -0.185. The zero-order chi connectivity index (χ0) is 13.8. The molecule has 1 N–H and O–H groups in total. The molecule has 0 aliphatic rings. The minimum Gasteiger partial charge on any atom is -0.462 e. The summed E-state index contributed by atoms with van der Waals surface area (Å²) in [6, 6.07) is 3.46. The average Bonchev–Trinajstić information content (AvgIpc) is 3.06. The average molecular weight is 280 g/mol. The Balaban J connectivity index is 2.02. The van der Waals surface area contributed by atoms with Crippen LogP contribution in [0.2, 0.25) is 0 Å². The molecule has 0 saturated carbocycles. The Morgan fingerprint density at radius 3 is 3.05 bits per heavy atom. The molecule has 0 spiro atoms. The van der Waals surface area contributed by atoms with E-state index in [0.717, 1.165) is 10.7 Å². The van der Waals surface area contributed by atoms with Gasteiger partial charge in [0.25, 0.3) is 0 Å². The number of likely N-dealkylation sites (N-methyl/N-ethyl adjacent to an activating group) is 1. The molecule has 2 heterocycles. The maximum absolute atomic E-state index is 12.0. The first-order valence-electron chi connectivity index (χ1n) is 5.96. The molecule has 0 saturated heterocycles. The van der Waals surface area contributed by atoms with E-state index in [-0.39, 0.29) is 25.0 Å². The molecule has 0 aliphatic carbocycles. The highest BCUT2D eigenvalue weighted by atomic mass is 32.1. The molecule has 2 rings (SSSR count). The van der Waals surface area contributed by atoms with Crippen LogP contribution in [0.25, 0.3) is 10.8 Å². The number of rotatable bonds is 5. The van der Waals surface area contributed by atoms with Gasteiger partial charge in [0.15, 0.2) is 10.8 Å². The standard InChI is InChI=1S/C13H16N2O3S/c1-9(7-16)15(2)12(17)6-10-8-19-13(14-10)11-4-3-5-18-11/h3-5,8-9,16H,6-7H2,1-2H3. The quantitative estimate of drug-likeness (QED) is 0.906. The normalized spacial score (nSPS) is 12.4. The third kappa shape index (κ3) is 3.21. The highest BCUT2D eigenvalue weighted by Crippen LogP contribution is 2.24. The lowest BCUT2D eigenvalue weighted by atomic mass is 10.2. The lowest BCUT2D eigenvalue weighted by Gasteiger charge is -2.22. The van der Waals surface area contributed by atoms with Crippen LogP contribution >= 0.6 is 11.3 Å². The van der Waals surface area contributed by atoms with Crippen LogP contribution in [0.4, 0.5) is 0 Å². The van der Waals surface area contributed by atoms with Gasteiger partial charge < -0.3 is 14.4 Å². The van der Waals surface area contributed by atoms with E-state index in [1.165, 1.54) is 16.2 Å². The lowest BCUT2D eigenvalue weighted by Crippen LogP contribution is -2.38. The van der Waals surface area contributed by atoms with Crippen molar-refractivity contribution >= 4 is 17.2 Å². The highest BCUT2D eigenvalue weighted by Gasteiger charge is 2.17. The number of aromatic nitrogens is 1. The van der Waals surface area contributed by atoms with Crippen molar-refractivity contribution in [1.29, 1.82) is 0 Å². The molecule has 5 nitrogen and oxygen atoms in total. The maximum Gasteiger partial charge on any atom is 0.228 e. The summed E-state index contributed by atoms with van der Waals surface area (Å²) in [5.74, 6) is 0.652. The van der Waals surface area contributed by atoms with Crippen LogP contribution in [0.3, 0.4) is 0 Å². The summed E-state index contributed by atoms with van der Waals surface area (Å²) < 4.78 is 5.26. The topological polar surface area (TPSA) is 66.6 Å². The molecule has 0 fully saturated rings. The number of aliphatic hydroxyl groups excluding tert-OH is 1. The molecule has 2 aromatic rings. The van der Waals surface area contributed by atoms with Crippen molar-refractivity contribution in [1.82, 2.24) is 9.88 Å². The fourth-order valence-electron chi connectivity index (χ4n) is 1.55. The van der Waals surface area contributed by atoms with Gasteiger partial charge in [0.1, 0.15) is 0 Å². The SMILES string of the molecule is CC(CO)N(C)C(=O)Cc1csc(-c2ccco2)n1. The molecule has 0 radical (unpaired) electrons. The second kappa shape index (κ2) is 5.99. The fourth-order valence-corrected chi connectivity index (χ4v) is 2.34. The summed E-state index contributed by atoms with van der Waals surface area (Å²) in [6.07, 6.45) is 1.83. The molecule has 1 amide bonds. The molecule has 0 aliphatic heterocycles. The largest absolute Gasteiger partial charge is 0.462 e. The van der Waals surface area contributed by atoms with Crippen molar-refractivity contribution < 1.29 is 14.3 Å². The van der Waals surface area contributed by atoms with Crippen molar-refractivity contribution in [2.24, 2.45) is 0 Å². The molecule has 102 valence electrons. The second-order valence-corrected chi connectivity index (χ2v) is 5.19. The molecule has 1 unspecified atom stereocenters. The number of thiazole rings is 1. The molecule has 2 aromatic heterocycles. The second-order valence-electron chi connectivity index (χ2n) is 4.33. The Kier molecular flexibility index (Phi) is 4.34. The van der Waals surface area contributed by atoms with Gasteiger partial charge in [0, 0.05) is 12.4 Å². The van der Waals surface area contributed by atoms with Gasteiger partial charge in [-0.2, -0.15) is 0 Å². The van der Waals surface area contributed by atoms with E-state index in [4.69, 9.17) is 9.52 Å². The zero-order valence-electron chi connectivity index (χ0n) is 10.9. The zero-order valence-corrected chi connectivity index (χ0v) is 11.7. The van der Waals surface area contributed by atoms with Crippen LogP contribution in [-0.4, -0.2) is 40.6 Å². The predicted octanol–water partition coefficient (Wildman–Crippen LogP) is 1.78. The molecular formula is C13H16N2O3S. The van der Waals surface area contributed by atoms with Crippen LogP contribution in [0.1, 0.15) is 12.6 Å². The number of amides is 1. The third-order valence-corrected chi connectivity index (χ3v) is 3.84. The summed E-state index contributed by atoms with van der Waals surface area (Å²) in [4.78, 5) is 17.9. The molecular weight excluding hydrogens is 264 g/mol. The van der Waals surface area contributed by atoms with Crippen molar-refractivity contribution in [3.8, 4) is 10.8 Å².